The second-order valence-electron chi connectivity index (χ2n) is 3.53. The van der Waals surface area contributed by atoms with Gasteiger partial charge in [0, 0.05) is 16.6 Å². The molecule has 0 saturated carbocycles. The van der Waals surface area contributed by atoms with Gasteiger partial charge in [-0.15, -0.1) is 0 Å². The van der Waals surface area contributed by atoms with Crippen LogP contribution in [-0.4, -0.2) is 11.5 Å². The summed E-state index contributed by atoms with van der Waals surface area (Å²) < 4.78 is 19.0. The summed E-state index contributed by atoms with van der Waals surface area (Å²) in [6.07, 6.45) is 1.40. The summed E-state index contributed by atoms with van der Waals surface area (Å²) in [5.41, 5.74) is 1.62. The van der Waals surface area contributed by atoms with Crippen LogP contribution >= 0.6 is 15.9 Å². The van der Waals surface area contributed by atoms with Crippen molar-refractivity contribution in [1.29, 1.82) is 0 Å². The van der Waals surface area contributed by atoms with Gasteiger partial charge in [-0.05, 0) is 40.7 Å². The minimum absolute atomic E-state index is 0.284. The van der Waals surface area contributed by atoms with Crippen molar-refractivity contribution < 1.29 is 8.81 Å². The number of benzene rings is 1. The van der Waals surface area contributed by atoms with Crippen LogP contribution in [-0.2, 0) is 6.54 Å². The highest BCUT2D eigenvalue weighted by atomic mass is 79.9. The Labute approximate surface area is 107 Å². The Kier molecular flexibility index (Phi) is 3.91. The highest BCUT2D eigenvalue weighted by Crippen LogP contribution is 2.30. The van der Waals surface area contributed by atoms with Gasteiger partial charge >= 0.3 is 0 Å². The first kappa shape index (κ1) is 12.3. The molecule has 17 heavy (non-hydrogen) atoms. The van der Waals surface area contributed by atoms with Gasteiger partial charge in [0.1, 0.15) is 11.5 Å². The van der Waals surface area contributed by atoms with E-state index in [4.69, 9.17) is 4.42 Å². The van der Waals surface area contributed by atoms with E-state index in [0.29, 0.717) is 16.8 Å². The third kappa shape index (κ3) is 2.73. The molecule has 1 aromatic heterocycles. The van der Waals surface area contributed by atoms with Crippen LogP contribution in [0.3, 0.4) is 0 Å². The predicted octanol–water partition coefficient (Wildman–Crippen LogP) is 3.35. The zero-order valence-corrected chi connectivity index (χ0v) is 10.9. The maximum Gasteiger partial charge on any atom is 0.181 e. The van der Waals surface area contributed by atoms with Crippen LogP contribution in [0, 0.1) is 5.82 Å². The first-order valence-corrected chi connectivity index (χ1v) is 6.10. The van der Waals surface area contributed by atoms with E-state index in [1.54, 1.807) is 6.07 Å². The minimum atomic E-state index is -0.284. The van der Waals surface area contributed by atoms with Gasteiger partial charge in [-0.25, -0.2) is 9.37 Å². The van der Waals surface area contributed by atoms with E-state index in [1.165, 1.54) is 18.5 Å². The first-order chi connectivity index (χ1) is 8.22. The summed E-state index contributed by atoms with van der Waals surface area (Å²) in [4.78, 5) is 4.15. The van der Waals surface area contributed by atoms with Gasteiger partial charge in [-0.1, -0.05) is 6.92 Å². The molecule has 0 radical (unpaired) electrons. The lowest BCUT2D eigenvalue weighted by Crippen LogP contribution is -2.12. The molecule has 0 unspecified atom stereocenters. The van der Waals surface area contributed by atoms with Crippen molar-refractivity contribution in [2.45, 2.75) is 13.5 Å². The Morgan fingerprint density at radius 3 is 3.00 bits per heavy atom. The number of aromatic nitrogens is 1. The molecule has 0 amide bonds. The molecule has 5 heteroatoms. The Balaban J connectivity index is 2.35. The largest absolute Gasteiger partial charge is 0.443 e. The van der Waals surface area contributed by atoms with E-state index in [9.17, 15) is 4.39 Å². The van der Waals surface area contributed by atoms with Crippen molar-refractivity contribution >= 4 is 15.9 Å². The quantitative estimate of drug-likeness (QED) is 0.941. The van der Waals surface area contributed by atoms with Crippen molar-refractivity contribution in [2.75, 3.05) is 6.54 Å². The summed E-state index contributed by atoms with van der Waals surface area (Å²) >= 11 is 3.32. The molecule has 1 heterocycles. The van der Waals surface area contributed by atoms with Crippen LogP contribution in [0.1, 0.15) is 12.6 Å². The average Bonchev–Trinajstić information content (AvgIpc) is 2.74. The van der Waals surface area contributed by atoms with Gasteiger partial charge in [0.25, 0.3) is 0 Å². The Morgan fingerprint density at radius 1 is 1.47 bits per heavy atom. The van der Waals surface area contributed by atoms with Crippen molar-refractivity contribution in [3.05, 3.63) is 40.6 Å². The molecule has 3 nitrogen and oxygen atoms in total. The van der Waals surface area contributed by atoms with E-state index in [-0.39, 0.29) is 5.82 Å². The molecule has 0 aliphatic rings. The summed E-state index contributed by atoms with van der Waals surface area (Å²) in [7, 11) is 0. The zero-order valence-electron chi connectivity index (χ0n) is 9.34. The molecule has 2 aromatic rings. The van der Waals surface area contributed by atoms with Gasteiger partial charge < -0.3 is 9.73 Å². The number of halogens is 2. The molecule has 0 aliphatic heterocycles. The second-order valence-corrected chi connectivity index (χ2v) is 4.39. The summed E-state index contributed by atoms with van der Waals surface area (Å²) in [6, 6.07) is 4.49. The van der Waals surface area contributed by atoms with Crippen LogP contribution in [0.2, 0.25) is 0 Å². The number of nitrogens with one attached hydrogen (secondary N) is 1. The Hall–Kier alpha value is -1.20. The number of oxazole rings is 1. The van der Waals surface area contributed by atoms with Gasteiger partial charge in [0.15, 0.2) is 12.2 Å². The van der Waals surface area contributed by atoms with Gasteiger partial charge in [-0.3, -0.25) is 0 Å². The van der Waals surface area contributed by atoms with Crippen molar-refractivity contribution in [3.63, 3.8) is 0 Å². The molecule has 0 fully saturated rings. The molecular formula is C12H12BrFN2O. The molecule has 2 rings (SSSR count). The van der Waals surface area contributed by atoms with Crippen molar-refractivity contribution in [1.82, 2.24) is 10.3 Å². The number of nitrogens with zero attached hydrogens (tertiary/aromatic N) is 1. The van der Waals surface area contributed by atoms with Crippen LogP contribution in [0.15, 0.2) is 33.5 Å². The fraction of sp³-hybridized carbons (Fsp3) is 0.250. The highest BCUT2D eigenvalue weighted by molar-refractivity contribution is 9.10. The third-order valence-electron chi connectivity index (χ3n) is 2.36. The van der Waals surface area contributed by atoms with Crippen LogP contribution < -0.4 is 5.32 Å². The summed E-state index contributed by atoms with van der Waals surface area (Å²) in [5.74, 6) is 0.381. The zero-order chi connectivity index (χ0) is 12.3. The van der Waals surface area contributed by atoms with Gasteiger partial charge in [-0.2, -0.15) is 0 Å². The normalized spacial score (nSPS) is 10.8. The number of rotatable bonds is 4. The van der Waals surface area contributed by atoms with E-state index >= 15 is 0 Å². The molecule has 90 valence electrons. The molecule has 0 atom stereocenters. The highest BCUT2D eigenvalue weighted by Gasteiger charge is 2.13. The molecule has 0 spiro atoms. The SMILES string of the molecule is CCNCc1ncoc1-c1ccc(F)cc1Br. The molecule has 0 saturated heterocycles. The summed E-state index contributed by atoms with van der Waals surface area (Å²) in [5, 5.41) is 3.18. The standard InChI is InChI=1S/C12H12BrFN2O/c1-2-15-6-11-12(17-7-16-11)9-4-3-8(14)5-10(9)13/h3-5,7,15H,2,6H2,1H3. The number of hydrogen-bond acceptors (Lipinski definition) is 3. The van der Waals surface area contributed by atoms with E-state index < -0.39 is 0 Å². The van der Waals surface area contributed by atoms with Crippen molar-refractivity contribution in [3.8, 4) is 11.3 Å². The molecule has 1 N–H and O–H groups in total. The Bertz CT molecular complexity index is 513. The Morgan fingerprint density at radius 2 is 2.29 bits per heavy atom. The van der Waals surface area contributed by atoms with Crippen LogP contribution in [0.4, 0.5) is 4.39 Å². The third-order valence-corrected chi connectivity index (χ3v) is 3.02. The maximum atomic E-state index is 13.0. The maximum absolute atomic E-state index is 13.0. The smallest absolute Gasteiger partial charge is 0.181 e. The van der Waals surface area contributed by atoms with E-state index in [1.807, 2.05) is 6.92 Å². The van der Waals surface area contributed by atoms with Crippen LogP contribution in [0.5, 0.6) is 0 Å². The monoisotopic (exact) mass is 298 g/mol. The van der Waals surface area contributed by atoms with Crippen LogP contribution in [0.25, 0.3) is 11.3 Å². The van der Waals surface area contributed by atoms with Gasteiger partial charge in [0.2, 0.25) is 0 Å². The van der Waals surface area contributed by atoms with E-state index in [2.05, 4.69) is 26.2 Å². The molecule has 1 aromatic carbocycles. The molecule has 0 aliphatic carbocycles. The average molecular weight is 299 g/mol. The molecule has 0 bridgehead atoms. The predicted molar refractivity (Wildman–Crippen MR) is 67.0 cm³/mol. The second kappa shape index (κ2) is 5.42. The number of hydrogen-bond donors (Lipinski definition) is 1. The lowest BCUT2D eigenvalue weighted by atomic mass is 10.1. The fourth-order valence-electron chi connectivity index (χ4n) is 1.53. The lowest BCUT2D eigenvalue weighted by molar-refractivity contribution is 0.569. The minimum Gasteiger partial charge on any atom is -0.443 e. The van der Waals surface area contributed by atoms with Crippen molar-refractivity contribution in [2.24, 2.45) is 0 Å². The fourth-order valence-corrected chi connectivity index (χ4v) is 2.06. The molecular weight excluding hydrogens is 287 g/mol. The van der Waals surface area contributed by atoms with Gasteiger partial charge in [0.05, 0.1) is 0 Å². The lowest BCUT2D eigenvalue weighted by Gasteiger charge is -2.04. The first-order valence-electron chi connectivity index (χ1n) is 5.31. The van der Waals surface area contributed by atoms with E-state index in [0.717, 1.165) is 17.8 Å². The summed E-state index contributed by atoms with van der Waals surface area (Å²) in [6.45, 7) is 3.51. The topological polar surface area (TPSA) is 38.1 Å².